The lowest BCUT2D eigenvalue weighted by atomic mass is 9.83. The average Bonchev–Trinajstić information content (AvgIpc) is 3.28. The Labute approximate surface area is 226 Å². The first-order valence-electron chi connectivity index (χ1n) is 11.9. The van der Waals surface area contributed by atoms with Crippen LogP contribution in [0.5, 0.6) is 0 Å². The van der Waals surface area contributed by atoms with Gasteiger partial charge in [0.25, 0.3) is 0 Å². The van der Waals surface area contributed by atoms with Crippen molar-refractivity contribution >= 4 is 72.3 Å². The highest BCUT2D eigenvalue weighted by molar-refractivity contribution is 9.10. The molecular formula is C31H21Br2N3. The Balaban J connectivity index is 1.65. The van der Waals surface area contributed by atoms with Gasteiger partial charge < -0.3 is 0 Å². The zero-order chi connectivity index (χ0) is 24.6. The molecule has 0 atom stereocenters. The minimum atomic E-state index is 0.657. The lowest BCUT2D eigenvalue weighted by molar-refractivity contribution is 0.813. The molecule has 0 bridgehead atoms. The van der Waals surface area contributed by atoms with Crippen LogP contribution in [0.2, 0.25) is 0 Å². The van der Waals surface area contributed by atoms with Crippen LogP contribution in [0.4, 0.5) is 0 Å². The highest BCUT2D eigenvalue weighted by Crippen LogP contribution is 2.40. The summed E-state index contributed by atoms with van der Waals surface area (Å²) < 4.78 is 4.28. The Hall–Kier alpha value is -3.46. The maximum absolute atomic E-state index is 10.4. The maximum Gasteiger partial charge on any atom is 0.157 e. The molecule has 36 heavy (non-hydrogen) atoms. The molecule has 0 saturated carbocycles. The van der Waals surface area contributed by atoms with Crippen LogP contribution in [0.25, 0.3) is 40.5 Å². The van der Waals surface area contributed by atoms with Crippen molar-refractivity contribution in [1.29, 1.82) is 5.26 Å². The van der Waals surface area contributed by atoms with Crippen molar-refractivity contribution < 1.29 is 0 Å². The molecule has 1 aliphatic carbocycles. The lowest BCUT2D eigenvalue weighted by Crippen LogP contribution is -2.11. The number of nitrogens with zero attached hydrogens (tertiary/aromatic N) is 3. The number of fused-ring (bicyclic) bond motifs is 4. The van der Waals surface area contributed by atoms with Crippen LogP contribution in [0.15, 0.2) is 81.7 Å². The van der Waals surface area contributed by atoms with E-state index in [9.17, 15) is 5.26 Å². The normalized spacial score (nSPS) is 14.5. The number of rotatable bonds is 3. The van der Waals surface area contributed by atoms with Crippen molar-refractivity contribution in [2.24, 2.45) is 0 Å². The Morgan fingerprint density at radius 2 is 1.53 bits per heavy atom. The fourth-order valence-corrected chi connectivity index (χ4v) is 5.61. The Kier molecular flexibility index (Phi) is 6.08. The molecule has 0 spiro atoms. The van der Waals surface area contributed by atoms with Gasteiger partial charge in [0.1, 0.15) is 11.6 Å². The number of pyridine rings is 1. The molecule has 5 aromatic rings. The second-order valence-electron chi connectivity index (χ2n) is 8.94. The minimum Gasteiger partial charge on any atom is -0.291 e. The Bertz CT molecular complexity index is 1720. The van der Waals surface area contributed by atoms with Gasteiger partial charge in [0.05, 0.1) is 16.7 Å². The summed E-state index contributed by atoms with van der Waals surface area (Å²) in [6, 6.07) is 27.3. The van der Waals surface area contributed by atoms with Crippen LogP contribution in [0.1, 0.15) is 46.4 Å². The fourth-order valence-electron chi connectivity index (χ4n) is 5.09. The van der Waals surface area contributed by atoms with Crippen molar-refractivity contribution in [2.45, 2.75) is 19.3 Å². The van der Waals surface area contributed by atoms with Gasteiger partial charge in [-0.25, -0.2) is 4.98 Å². The van der Waals surface area contributed by atoms with Crippen molar-refractivity contribution in [2.75, 3.05) is 0 Å². The monoisotopic (exact) mass is 593 g/mol. The van der Waals surface area contributed by atoms with E-state index >= 15 is 0 Å². The van der Waals surface area contributed by atoms with E-state index in [0.717, 1.165) is 67.3 Å². The van der Waals surface area contributed by atoms with Gasteiger partial charge in [-0.15, -0.1) is 0 Å². The first-order chi connectivity index (χ1) is 17.6. The standard InChI is InChI=1S/C31H21Br2N3/c32-23-13-8-20(9-14-23)12-17-28-25-5-3-4-22(18-21-10-15-24(33)16-11-21)30(25)26(19-34)31-35-27-6-1-2-7-29(27)36(28)31/h1-2,6-18H,3-5H2. The molecule has 2 aromatic heterocycles. The zero-order valence-corrected chi connectivity index (χ0v) is 22.6. The van der Waals surface area contributed by atoms with Crippen LogP contribution in [-0.4, -0.2) is 9.38 Å². The molecule has 0 amide bonds. The van der Waals surface area contributed by atoms with E-state index in [1.807, 2.05) is 18.2 Å². The summed E-state index contributed by atoms with van der Waals surface area (Å²) in [6.07, 6.45) is 9.46. The van der Waals surface area contributed by atoms with Crippen LogP contribution < -0.4 is 0 Å². The van der Waals surface area contributed by atoms with Gasteiger partial charge in [-0.1, -0.05) is 80.4 Å². The maximum atomic E-state index is 10.4. The van der Waals surface area contributed by atoms with Gasteiger partial charge in [-0.3, -0.25) is 4.40 Å². The van der Waals surface area contributed by atoms with Gasteiger partial charge in [-0.2, -0.15) is 5.26 Å². The lowest BCUT2D eigenvalue weighted by Gasteiger charge is -2.24. The predicted octanol–water partition coefficient (Wildman–Crippen LogP) is 8.93. The van der Waals surface area contributed by atoms with Crippen LogP contribution >= 0.6 is 31.9 Å². The van der Waals surface area contributed by atoms with Gasteiger partial charge in [0.15, 0.2) is 5.65 Å². The number of allylic oxidation sites excluding steroid dienone is 1. The number of nitriles is 1. The van der Waals surface area contributed by atoms with E-state index in [4.69, 9.17) is 4.98 Å². The summed E-state index contributed by atoms with van der Waals surface area (Å²) in [5, 5.41) is 10.4. The topological polar surface area (TPSA) is 41.1 Å². The molecule has 2 heterocycles. The fraction of sp³-hybridized carbons (Fsp3) is 0.0968. The summed E-state index contributed by atoms with van der Waals surface area (Å²) in [5.41, 5.74) is 10.1. The number of imidazole rings is 1. The molecule has 0 fully saturated rings. The van der Waals surface area contributed by atoms with Gasteiger partial charge in [0.2, 0.25) is 0 Å². The molecule has 0 radical (unpaired) electrons. The Morgan fingerprint density at radius 3 is 2.25 bits per heavy atom. The summed E-state index contributed by atoms with van der Waals surface area (Å²) in [7, 11) is 0. The summed E-state index contributed by atoms with van der Waals surface area (Å²) >= 11 is 7.05. The summed E-state index contributed by atoms with van der Waals surface area (Å²) in [4.78, 5) is 4.94. The van der Waals surface area contributed by atoms with Crippen molar-refractivity contribution in [1.82, 2.24) is 9.38 Å². The molecule has 1 aliphatic rings. The molecule has 5 heteroatoms. The van der Waals surface area contributed by atoms with E-state index in [-0.39, 0.29) is 0 Å². The van der Waals surface area contributed by atoms with Gasteiger partial charge in [0, 0.05) is 14.5 Å². The van der Waals surface area contributed by atoms with Crippen LogP contribution in [-0.2, 0) is 6.42 Å². The van der Waals surface area contributed by atoms with Crippen LogP contribution in [0.3, 0.4) is 0 Å². The third kappa shape index (κ3) is 4.11. The van der Waals surface area contributed by atoms with Gasteiger partial charge >= 0.3 is 0 Å². The SMILES string of the molecule is N#Cc1c2c(c(C=Cc3ccc(Br)cc3)n3c1nc1ccccc13)CCCC2=Cc1ccc(Br)cc1. The number of hydrogen-bond donors (Lipinski definition) is 0. The van der Waals surface area contributed by atoms with Crippen LogP contribution in [0, 0.1) is 11.3 Å². The highest BCUT2D eigenvalue weighted by Gasteiger charge is 2.26. The number of para-hydroxylation sites is 2. The average molecular weight is 595 g/mol. The summed E-state index contributed by atoms with van der Waals surface area (Å²) in [5.74, 6) is 0. The largest absolute Gasteiger partial charge is 0.291 e. The second-order valence-corrected chi connectivity index (χ2v) is 10.8. The molecule has 0 saturated heterocycles. The zero-order valence-electron chi connectivity index (χ0n) is 19.4. The highest BCUT2D eigenvalue weighted by atomic mass is 79.9. The van der Waals surface area contributed by atoms with E-state index in [2.05, 4.69) is 115 Å². The number of benzene rings is 3. The first-order valence-corrected chi connectivity index (χ1v) is 13.5. The van der Waals surface area contributed by atoms with Crippen molar-refractivity contribution in [3.8, 4) is 6.07 Å². The number of hydrogen-bond acceptors (Lipinski definition) is 2. The minimum absolute atomic E-state index is 0.657. The van der Waals surface area contributed by atoms with E-state index in [0.29, 0.717) is 5.56 Å². The first kappa shape index (κ1) is 23.0. The smallest absolute Gasteiger partial charge is 0.157 e. The second kappa shape index (κ2) is 9.54. The van der Waals surface area contributed by atoms with Crippen molar-refractivity contribution in [3.63, 3.8) is 0 Å². The quantitative estimate of drug-likeness (QED) is 0.209. The number of aromatic nitrogens is 2. The van der Waals surface area contributed by atoms with Gasteiger partial charge in [-0.05, 0) is 84.0 Å². The molecule has 3 aromatic carbocycles. The van der Waals surface area contributed by atoms with Crippen molar-refractivity contribution in [3.05, 3.63) is 115 Å². The third-order valence-electron chi connectivity index (χ3n) is 6.71. The van der Waals surface area contributed by atoms with E-state index in [1.54, 1.807) is 0 Å². The van der Waals surface area contributed by atoms with E-state index < -0.39 is 0 Å². The molecule has 0 aliphatic heterocycles. The number of halogens is 2. The molecule has 0 N–H and O–H groups in total. The predicted molar refractivity (Wildman–Crippen MR) is 155 cm³/mol. The molecule has 0 unspecified atom stereocenters. The molecule has 3 nitrogen and oxygen atoms in total. The molecule has 6 rings (SSSR count). The molecular weight excluding hydrogens is 574 g/mol. The van der Waals surface area contributed by atoms with E-state index in [1.165, 1.54) is 11.1 Å². The Morgan fingerprint density at radius 1 is 0.833 bits per heavy atom. The molecule has 174 valence electrons. The summed E-state index contributed by atoms with van der Waals surface area (Å²) in [6.45, 7) is 0. The third-order valence-corrected chi connectivity index (χ3v) is 7.76.